The fourth-order valence-electron chi connectivity index (χ4n) is 0.743. The Morgan fingerprint density at radius 1 is 1.55 bits per heavy atom. The molecule has 1 aromatic rings. The Labute approximate surface area is 70.1 Å². The number of nitrogens with zero attached hydrogens (tertiary/aromatic N) is 1. The zero-order valence-corrected chi connectivity index (χ0v) is 7.10. The van der Waals surface area contributed by atoms with Crippen molar-refractivity contribution in [2.24, 2.45) is 0 Å². The van der Waals surface area contributed by atoms with E-state index in [0.29, 0.717) is 0 Å². The van der Waals surface area contributed by atoms with E-state index in [-0.39, 0.29) is 6.61 Å². The summed E-state index contributed by atoms with van der Waals surface area (Å²) in [5, 5.41) is 14.5. The lowest BCUT2D eigenvalue weighted by Crippen LogP contribution is -2.01. The summed E-state index contributed by atoms with van der Waals surface area (Å²) in [5.41, 5.74) is 0. The Bertz CT molecular complexity index is 177. The van der Waals surface area contributed by atoms with Gasteiger partial charge in [-0.1, -0.05) is 0 Å². The fourth-order valence-corrected chi connectivity index (χ4v) is 1.30. The van der Waals surface area contributed by atoms with Crippen molar-refractivity contribution in [1.29, 1.82) is 0 Å². The van der Waals surface area contributed by atoms with Crippen molar-refractivity contribution in [3.8, 4) is 0 Å². The molecule has 0 aliphatic carbocycles. The van der Waals surface area contributed by atoms with Crippen LogP contribution in [0.25, 0.3) is 0 Å². The van der Waals surface area contributed by atoms with E-state index in [2.05, 4.69) is 10.3 Å². The summed E-state index contributed by atoms with van der Waals surface area (Å²) in [6.45, 7) is 1.17. The van der Waals surface area contributed by atoms with Crippen LogP contribution in [0.15, 0.2) is 11.6 Å². The third-order valence-electron chi connectivity index (χ3n) is 1.29. The number of hydrogen-bond acceptors (Lipinski definition) is 4. The van der Waals surface area contributed by atoms with Crippen molar-refractivity contribution < 1.29 is 5.11 Å². The van der Waals surface area contributed by atoms with Gasteiger partial charge in [0.1, 0.15) is 0 Å². The molecule has 11 heavy (non-hydrogen) atoms. The van der Waals surface area contributed by atoms with Gasteiger partial charge in [0.25, 0.3) is 0 Å². The molecule has 0 aromatic carbocycles. The largest absolute Gasteiger partial charge is 0.396 e. The Kier molecular flexibility index (Phi) is 3.93. The normalized spacial score (nSPS) is 9.91. The van der Waals surface area contributed by atoms with Crippen LogP contribution in [0, 0.1) is 0 Å². The van der Waals surface area contributed by atoms with E-state index in [9.17, 15) is 0 Å². The molecular formula is C7H12N2OS. The van der Waals surface area contributed by atoms with Crippen molar-refractivity contribution in [3.63, 3.8) is 0 Å². The number of anilines is 1. The molecule has 0 aliphatic heterocycles. The maximum atomic E-state index is 8.48. The van der Waals surface area contributed by atoms with Gasteiger partial charge in [-0.05, 0) is 12.8 Å². The standard InChI is InChI=1S/C7H12N2OS/c10-5-2-1-3-8-7-9-4-6-11-7/h4,6,10H,1-3,5H2,(H,8,9). The molecule has 62 valence electrons. The van der Waals surface area contributed by atoms with Crippen LogP contribution in [0.3, 0.4) is 0 Å². The SMILES string of the molecule is OCCCCNc1nccs1. The third-order valence-corrected chi connectivity index (χ3v) is 2.02. The van der Waals surface area contributed by atoms with E-state index in [1.807, 2.05) is 5.38 Å². The summed E-state index contributed by atoms with van der Waals surface area (Å²) in [6, 6.07) is 0. The minimum atomic E-state index is 0.277. The molecule has 0 saturated heterocycles. The van der Waals surface area contributed by atoms with Crippen molar-refractivity contribution in [2.45, 2.75) is 12.8 Å². The number of hydrogen-bond donors (Lipinski definition) is 2. The Balaban J connectivity index is 2.04. The fraction of sp³-hybridized carbons (Fsp3) is 0.571. The summed E-state index contributed by atoms with van der Waals surface area (Å²) >= 11 is 1.60. The maximum absolute atomic E-state index is 8.48. The van der Waals surface area contributed by atoms with Crippen molar-refractivity contribution in [2.75, 3.05) is 18.5 Å². The van der Waals surface area contributed by atoms with Gasteiger partial charge in [-0.25, -0.2) is 4.98 Å². The molecule has 0 radical (unpaired) electrons. The molecule has 1 aromatic heterocycles. The highest BCUT2D eigenvalue weighted by Gasteiger charge is 1.91. The molecule has 0 bridgehead atoms. The average molecular weight is 172 g/mol. The summed E-state index contributed by atoms with van der Waals surface area (Å²) in [7, 11) is 0. The summed E-state index contributed by atoms with van der Waals surface area (Å²) < 4.78 is 0. The molecule has 1 rings (SSSR count). The van der Waals surface area contributed by atoms with Crippen molar-refractivity contribution >= 4 is 16.5 Å². The van der Waals surface area contributed by atoms with Crippen molar-refractivity contribution in [3.05, 3.63) is 11.6 Å². The lowest BCUT2D eigenvalue weighted by Gasteiger charge is -1.99. The Hall–Kier alpha value is -0.610. The predicted octanol–water partition coefficient (Wildman–Crippen LogP) is 1.33. The van der Waals surface area contributed by atoms with Crippen LogP contribution in [0.4, 0.5) is 5.13 Å². The smallest absolute Gasteiger partial charge is 0.182 e. The number of thiazole rings is 1. The molecule has 0 aliphatic rings. The average Bonchev–Trinajstić information content (AvgIpc) is 2.50. The zero-order chi connectivity index (χ0) is 7.94. The first-order chi connectivity index (χ1) is 5.43. The topological polar surface area (TPSA) is 45.1 Å². The first-order valence-corrected chi connectivity index (χ1v) is 4.55. The van der Waals surface area contributed by atoms with Gasteiger partial charge in [-0.2, -0.15) is 0 Å². The van der Waals surface area contributed by atoms with E-state index in [1.165, 1.54) is 0 Å². The van der Waals surface area contributed by atoms with Crippen molar-refractivity contribution in [1.82, 2.24) is 4.98 Å². The van der Waals surface area contributed by atoms with Crippen LogP contribution in [0.1, 0.15) is 12.8 Å². The monoisotopic (exact) mass is 172 g/mol. The van der Waals surface area contributed by atoms with Gasteiger partial charge in [0.15, 0.2) is 5.13 Å². The first kappa shape index (κ1) is 8.49. The lowest BCUT2D eigenvalue weighted by atomic mass is 10.3. The summed E-state index contributed by atoms with van der Waals surface area (Å²) in [5.74, 6) is 0. The molecule has 4 heteroatoms. The van der Waals surface area contributed by atoms with Crippen LogP contribution in [0.2, 0.25) is 0 Å². The molecule has 1 heterocycles. The molecule has 0 fully saturated rings. The van der Waals surface area contributed by atoms with E-state index in [0.717, 1.165) is 24.5 Å². The molecule has 0 amide bonds. The third kappa shape index (κ3) is 3.34. The van der Waals surface area contributed by atoms with Crippen LogP contribution < -0.4 is 5.32 Å². The number of unbranched alkanes of at least 4 members (excludes halogenated alkanes) is 1. The minimum absolute atomic E-state index is 0.277. The molecule has 0 atom stereocenters. The second kappa shape index (κ2) is 5.09. The molecule has 3 nitrogen and oxygen atoms in total. The summed E-state index contributed by atoms with van der Waals surface area (Å²) in [4.78, 5) is 4.06. The van der Waals surface area contributed by atoms with E-state index >= 15 is 0 Å². The van der Waals surface area contributed by atoms with Gasteiger partial charge in [-0.3, -0.25) is 0 Å². The molecule has 2 N–H and O–H groups in total. The highest BCUT2D eigenvalue weighted by Crippen LogP contribution is 2.09. The Morgan fingerprint density at radius 2 is 2.45 bits per heavy atom. The molecule has 0 spiro atoms. The maximum Gasteiger partial charge on any atom is 0.182 e. The predicted molar refractivity (Wildman–Crippen MR) is 46.9 cm³/mol. The van der Waals surface area contributed by atoms with Gasteiger partial charge in [0, 0.05) is 24.7 Å². The highest BCUT2D eigenvalue weighted by atomic mass is 32.1. The number of aliphatic hydroxyl groups is 1. The van der Waals surface area contributed by atoms with E-state index in [1.54, 1.807) is 17.5 Å². The van der Waals surface area contributed by atoms with Gasteiger partial charge in [0.05, 0.1) is 0 Å². The molecular weight excluding hydrogens is 160 g/mol. The first-order valence-electron chi connectivity index (χ1n) is 3.67. The van der Waals surface area contributed by atoms with Crippen LogP contribution in [-0.4, -0.2) is 23.2 Å². The number of aromatic nitrogens is 1. The van der Waals surface area contributed by atoms with Gasteiger partial charge in [-0.15, -0.1) is 11.3 Å². The van der Waals surface area contributed by atoms with Crippen LogP contribution in [-0.2, 0) is 0 Å². The van der Waals surface area contributed by atoms with E-state index < -0.39 is 0 Å². The number of nitrogens with one attached hydrogen (secondary N) is 1. The quantitative estimate of drug-likeness (QED) is 0.658. The van der Waals surface area contributed by atoms with Gasteiger partial charge in [0.2, 0.25) is 0 Å². The Morgan fingerprint density at radius 3 is 3.09 bits per heavy atom. The van der Waals surface area contributed by atoms with Gasteiger partial charge >= 0.3 is 0 Å². The van der Waals surface area contributed by atoms with Gasteiger partial charge < -0.3 is 10.4 Å². The number of aliphatic hydroxyl groups excluding tert-OH is 1. The second-order valence-electron chi connectivity index (χ2n) is 2.19. The van der Waals surface area contributed by atoms with Crippen LogP contribution >= 0.6 is 11.3 Å². The second-order valence-corrected chi connectivity index (χ2v) is 3.09. The highest BCUT2D eigenvalue weighted by molar-refractivity contribution is 7.13. The summed E-state index contributed by atoms with van der Waals surface area (Å²) in [6.07, 6.45) is 3.63. The lowest BCUT2D eigenvalue weighted by molar-refractivity contribution is 0.286. The van der Waals surface area contributed by atoms with Crippen LogP contribution in [0.5, 0.6) is 0 Å². The number of rotatable bonds is 5. The zero-order valence-electron chi connectivity index (χ0n) is 6.29. The van der Waals surface area contributed by atoms with E-state index in [4.69, 9.17) is 5.11 Å². The molecule has 0 unspecified atom stereocenters. The minimum Gasteiger partial charge on any atom is -0.396 e. The molecule has 0 saturated carbocycles.